The molecule has 108 valence electrons. The Morgan fingerprint density at radius 1 is 1.00 bits per heavy atom. The van der Waals surface area contributed by atoms with Crippen molar-refractivity contribution in [3.05, 3.63) is 48.3 Å². The van der Waals surface area contributed by atoms with Gasteiger partial charge in [0.1, 0.15) is 5.75 Å². The molecule has 0 saturated heterocycles. The van der Waals surface area contributed by atoms with Gasteiger partial charge in [-0.2, -0.15) is 0 Å². The number of thiophene rings is 1. The van der Waals surface area contributed by atoms with Gasteiger partial charge < -0.3 is 14.0 Å². The Bertz CT molecular complexity index is 811. The molecule has 0 amide bonds. The second-order valence-corrected chi connectivity index (χ2v) is 5.95. The molecule has 2 aromatic carbocycles. The predicted molar refractivity (Wildman–Crippen MR) is 81.1 cm³/mol. The molecular weight excluding hydrogens is 291 g/mol. The van der Waals surface area contributed by atoms with Crippen LogP contribution in [0.5, 0.6) is 11.5 Å². The third-order valence-corrected chi connectivity index (χ3v) is 4.85. The number of hydrogen-bond donors (Lipinski definition) is 0. The molecule has 5 heteroatoms. The topological polar surface area (TPSA) is 41.5 Å². The van der Waals surface area contributed by atoms with Crippen LogP contribution in [0, 0.1) is 5.82 Å². The number of ether oxygens (including phenoxy) is 2. The summed E-state index contributed by atoms with van der Waals surface area (Å²) in [5.41, 5.74) is 0.682. The minimum absolute atomic E-state index is 0.138. The van der Waals surface area contributed by atoms with Crippen LogP contribution < -0.4 is 9.47 Å². The maximum atomic E-state index is 13.5. The second-order valence-electron chi connectivity index (χ2n) is 4.53. The highest BCUT2D eigenvalue weighted by Crippen LogP contribution is 2.42. The Morgan fingerprint density at radius 2 is 1.81 bits per heavy atom. The van der Waals surface area contributed by atoms with E-state index in [4.69, 9.17) is 9.47 Å². The molecule has 1 heterocycles. The average Bonchev–Trinajstić information content (AvgIpc) is 2.84. The number of fused-ring (bicyclic) bond motifs is 1. The molecule has 3 rings (SSSR count). The van der Waals surface area contributed by atoms with Gasteiger partial charge in [-0.05, 0) is 41.1 Å². The van der Waals surface area contributed by atoms with E-state index in [-0.39, 0.29) is 5.75 Å². The van der Waals surface area contributed by atoms with Gasteiger partial charge in [0.05, 0.1) is 14.2 Å². The number of benzene rings is 2. The smallest absolute Gasteiger partial charge is 0.183 e. The fourth-order valence-electron chi connectivity index (χ4n) is 2.24. The molecule has 0 radical (unpaired) electrons. The summed E-state index contributed by atoms with van der Waals surface area (Å²) in [6, 6.07) is 11.8. The number of halogens is 1. The summed E-state index contributed by atoms with van der Waals surface area (Å²) in [7, 11) is 1.66. The number of methoxy groups -OCH3 is 2. The highest BCUT2D eigenvalue weighted by Gasteiger charge is 2.18. The van der Waals surface area contributed by atoms with E-state index in [2.05, 4.69) is 0 Å². The Morgan fingerprint density at radius 3 is 2.52 bits per heavy atom. The molecule has 0 aliphatic carbocycles. The van der Waals surface area contributed by atoms with E-state index in [1.807, 2.05) is 18.2 Å². The zero-order valence-corrected chi connectivity index (χ0v) is 12.4. The standard InChI is InChI=1S/C16H13FO3S/c1-19-12-5-3-11-8-15(21(18)16(11)9-12)10-4-6-13(17)14(7-10)20-2/h3-9H,1-2H3. The molecule has 0 spiro atoms. The van der Waals surface area contributed by atoms with E-state index in [0.29, 0.717) is 20.9 Å². The summed E-state index contributed by atoms with van der Waals surface area (Å²) in [6.45, 7) is 0. The van der Waals surface area contributed by atoms with Crippen molar-refractivity contribution in [3.8, 4) is 21.9 Å². The van der Waals surface area contributed by atoms with Crippen LogP contribution in [0.2, 0.25) is 0 Å². The molecule has 0 N–H and O–H groups in total. The van der Waals surface area contributed by atoms with Gasteiger partial charge in [0.2, 0.25) is 0 Å². The van der Waals surface area contributed by atoms with Gasteiger partial charge in [0.15, 0.2) is 21.1 Å². The third kappa shape index (κ3) is 2.34. The molecule has 1 aromatic heterocycles. The van der Waals surface area contributed by atoms with Crippen LogP contribution >= 0.6 is 10.8 Å². The predicted octanol–water partition coefficient (Wildman–Crippen LogP) is 4.39. The van der Waals surface area contributed by atoms with Gasteiger partial charge in [-0.15, -0.1) is 0 Å². The van der Waals surface area contributed by atoms with Crippen LogP contribution in [0.4, 0.5) is 4.39 Å². The van der Waals surface area contributed by atoms with Gasteiger partial charge >= 0.3 is 0 Å². The molecule has 3 nitrogen and oxygen atoms in total. The Balaban J connectivity index is 2.18. The van der Waals surface area contributed by atoms with Gasteiger partial charge in [-0.25, -0.2) is 4.39 Å². The summed E-state index contributed by atoms with van der Waals surface area (Å²) < 4.78 is 36.9. The van der Waals surface area contributed by atoms with Gasteiger partial charge in [-0.3, -0.25) is 0 Å². The molecule has 0 fully saturated rings. The fourth-order valence-corrected chi connectivity index (χ4v) is 3.61. The van der Waals surface area contributed by atoms with Crippen molar-refractivity contribution >= 4 is 20.8 Å². The molecule has 1 atom stereocenters. The molecule has 21 heavy (non-hydrogen) atoms. The van der Waals surface area contributed by atoms with Crippen LogP contribution in [-0.2, 0) is 0 Å². The summed E-state index contributed by atoms with van der Waals surface area (Å²) >= 11 is 0. The van der Waals surface area contributed by atoms with Crippen molar-refractivity contribution in [1.82, 2.24) is 0 Å². The van der Waals surface area contributed by atoms with Crippen molar-refractivity contribution in [2.75, 3.05) is 14.2 Å². The summed E-state index contributed by atoms with van der Waals surface area (Å²) in [5.74, 6) is 0.359. The van der Waals surface area contributed by atoms with Crippen LogP contribution in [0.25, 0.3) is 20.5 Å². The first-order chi connectivity index (χ1) is 10.1. The molecule has 0 saturated carbocycles. The quantitative estimate of drug-likeness (QED) is 0.674. The zero-order valence-electron chi connectivity index (χ0n) is 11.6. The maximum Gasteiger partial charge on any atom is 0.183 e. The fraction of sp³-hybridized carbons (Fsp3) is 0.125. The van der Waals surface area contributed by atoms with Crippen molar-refractivity contribution in [2.45, 2.75) is 0 Å². The van der Waals surface area contributed by atoms with Crippen LogP contribution in [-0.4, -0.2) is 18.8 Å². The maximum absolute atomic E-state index is 13.5. The highest BCUT2D eigenvalue weighted by atomic mass is 32.2. The van der Waals surface area contributed by atoms with Gasteiger partial charge in [0.25, 0.3) is 0 Å². The second kappa shape index (κ2) is 5.35. The normalized spacial score (nSPS) is 11.7. The lowest BCUT2D eigenvalue weighted by Crippen LogP contribution is -1.88. The lowest BCUT2D eigenvalue weighted by atomic mass is 10.1. The monoisotopic (exact) mass is 304 g/mol. The van der Waals surface area contributed by atoms with Crippen molar-refractivity contribution in [1.29, 1.82) is 0 Å². The summed E-state index contributed by atoms with van der Waals surface area (Å²) in [5, 5.41) is 0.882. The first kappa shape index (κ1) is 13.9. The number of rotatable bonds is 3. The van der Waals surface area contributed by atoms with E-state index in [9.17, 15) is 8.94 Å². The summed E-state index contributed by atoms with van der Waals surface area (Å²) in [6.07, 6.45) is 0. The summed E-state index contributed by atoms with van der Waals surface area (Å²) in [4.78, 5) is 0.636. The van der Waals surface area contributed by atoms with E-state index >= 15 is 0 Å². The minimum Gasteiger partial charge on any atom is -0.590 e. The minimum atomic E-state index is -1.31. The Hall–Kier alpha value is -2.11. The third-order valence-electron chi connectivity index (χ3n) is 3.34. The first-order valence-electron chi connectivity index (χ1n) is 6.29. The highest BCUT2D eigenvalue weighted by molar-refractivity contribution is 7.34. The lowest BCUT2D eigenvalue weighted by molar-refractivity contribution is 0.387. The van der Waals surface area contributed by atoms with Crippen molar-refractivity contribution in [2.24, 2.45) is 0 Å². The SMILES string of the molecule is COc1ccc2cc(-c3ccc(F)c(OC)c3)[s+]([O-])c2c1. The molecular formula is C16H13FO3S. The van der Waals surface area contributed by atoms with Crippen LogP contribution in [0.1, 0.15) is 0 Å². The molecule has 3 aromatic rings. The lowest BCUT2D eigenvalue weighted by Gasteiger charge is -2.04. The molecule has 0 aliphatic heterocycles. The Kier molecular flexibility index (Phi) is 3.53. The van der Waals surface area contributed by atoms with E-state index < -0.39 is 16.6 Å². The van der Waals surface area contributed by atoms with E-state index in [1.54, 1.807) is 25.3 Å². The zero-order chi connectivity index (χ0) is 15.0. The van der Waals surface area contributed by atoms with Crippen molar-refractivity contribution < 1.29 is 18.4 Å². The van der Waals surface area contributed by atoms with Crippen LogP contribution in [0.3, 0.4) is 0 Å². The van der Waals surface area contributed by atoms with Crippen LogP contribution in [0.15, 0.2) is 42.5 Å². The number of hydrogen-bond acceptors (Lipinski definition) is 3. The largest absolute Gasteiger partial charge is 0.590 e. The first-order valence-corrected chi connectivity index (χ1v) is 7.44. The van der Waals surface area contributed by atoms with E-state index in [1.165, 1.54) is 13.2 Å². The average molecular weight is 304 g/mol. The molecule has 0 aliphatic rings. The van der Waals surface area contributed by atoms with Crippen molar-refractivity contribution in [3.63, 3.8) is 0 Å². The van der Waals surface area contributed by atoms with Gasteiger partial charge in [0, 0.05) is 23.1 Å². The van der Waals surface area contributed by atoms with E-state index in [0.717, 1.165) is 5.39 Å². The molecule has 1 unspecified atom stereocenters. The van der Waals surface area contributed by atoms with Gasteiger partial charge in [-0.1, -0.05) is 0 Å². The molecule has 0 bridgehead atoms. The Labute approximate surface area is 124 Å².